The van der Waals surface area contributed by atoms with Crippen molar-refractivity contribution in [1.82, 2.24) is 4.90 Å². The van der Waals surface area contributed by atoms with E-state index in [1.165, 1.54) is 12.1 Å². The topological polar surface area (TPSA) is 68.6 Å². The molecule has 3 aromatic carbocycles. The van der Waals surface area contributed by atoms with Gasteiger partial charge in [0, 0.05) is 37.6 Å². The lowest BCUT2D eigenvalue weighted by Crippen LogP contribution is -2.35. The predicted molar refractivity (Wildman–Crippen MR) is 127 cm³/mol. The molecule has 1 amide bonds. The SMILES string of the molecule is N#Cc1ccc(N2CCCN(C(=O)c3ccccc3Nc3ccc(OC(F)F)cc3)CC2)cc1. The van der Waals surface area contributed by atoms with Gasteiger partial charge in [-0.25, -0.2) is 0 Å². The zero-order chi connectivity index (χ0) is 23.9. The van der Waals surface area contributed by atoms with Crippen molar-refractivity contribution in [3.8, 4) is 11.8 Å². The van der Waals surface area contributed by atoms with Gasteiger partial charge in [0.15, 0.2) is 0 Å². The summed E-state index contributed by atoms with van der Waals surface area (Å²) in [5, 5.41) is 12.2. The molecule has 0 radical (unpaired) electrons. The Morgan fingerprint density at radius 1 is 0.941 bits per heavy atom. The summed E-state index contributed by atoms with van der Waals surface area (Å²) >= 11 is 0. The number of benzene rings is 3. The average Bonchev–Trinajstić information content (AvgIpc) is 3.11. The smallest absolute Gasteiger partial charge is 0.387 e. The zero-order valence-electron chi connectivity index (χ0n) is 18.5. The number of carbonyl (C=O) groups is 1. The van der Waals surface area contributed by atoms with Gasteiger partial charge in [-0.15, -0.1) is 0 Å². The van der Waals surface area contributed by atoms with E-state index in [4.69, 9.17) is 5.26 Å². The Morgan fingerprint density at radius 2 is 1.68 bits per heavy atom. The molecule has 0 atom stereocenters. The maximum Gasteiger partial charge on any atom is 0.387 e. The first-order valence-electron chi connectivity index (χ1n) is 11.0. The summed E-state index contributed by atoms with van der Waals surface area (Å²) in [5.41, 5.74) is 3.50. The fourth-order valence-electron chi connectivity index (χ4n) is 3.95. The molecule has 0 unspecified atom stereocenters. The molecular weight excluding hydrogens is 438 g/mol. The first-order chi connectivity index (χ1) is 16.5. The Morgan fingerprint density at radius 3 is 2.38 bits per heavy atom. The van der Waals surface area contributed by atoms with Gasteiger partial charge in [-0.05, 0) is 67.1 Å². The monoisotopic (exact) mass is 462 g/mol. The largest absolute Gasteiger partial charge is 0.435 e. The Hall–Kier alpha value is -4.12. The van der Waals surface area contributed by atoms with Crippen LogP contribution in [0.2, 0.25) is 0 Å². The van der Waals surface area contributed by atoms with Crippen LogP contribution in [0.25, 0.3) is 0 Å². The van der Waals surface area contributed by atoms with Crippen molar-refractivity contribution in [2.75, 3.05) is 36.4 Å². The molecule has 0 bridgehead atoms. The highest BCUT2D eigenvalue weighted by molar-refractivity contribution is 6.00. The number of ether oxygens (including phenoxy) is 1. The van der Waals surface area contributed by atoms with Crippen molar-refractivity contribution >= 4 is 23.0 Å². The zero-order valence-corrected chi connectivity index (χ0v) is 18.5. The molecule has 1 saturated heterocycles. The minimum atomic E-state index is -2.88. The number of hydrogen-bond acceptors (Lipinski definition) is 5. The molecule has 0 aliphatic carbocycles. The summed E-state index contributed by atoms with van der Waals surface area (Å²) in [6.45, 7) is -0.146. The van der Waals surface area contributed by atoms with E-state index >= 15 is 0 Å². The molecule has 1 N–H and O–H groups in total. The van der Waals surface area contributed by atoms with Gasteiger partial charge in [0.1, 0.15) is 5.75 Å². The van der Waals surface area contributed by atoms with Crippen molar-refractivity contribution in [1.29, 1.82) is 5.26 Å². The number of carbonyl (C=O) groups excluding carboxylic acids is 1. The van der Waals surface area contributed by atoms with E-state index in [1.54, 1.807) is 30.3 Å². The fourth-order valence-corrected chi connectivity index (χ4v) is 3.95. The Kier molecular flexibility index (Phi) is 7.23. The number of nitriles is 1. The van der Waals surface area contributed by atoms with Gasteiger partial charge >= 0.3 is 6.61 Å². The molecule has 0 spiro atoms. The third kappa shape index (κ3) is 5.62. The van der Waals surface area contributed by atoms with E-state index in [1.807, 2.05) is 35.2 Å². The number of alkyl halides is 2. The number of nitrogens with one attached hydrogen (secondary N) is 1. The molecule has 6 nitrogen and oxygen atoms in total. The lowest BCUT2D eigenvalue weighted by atomic mass is 10.1. The van der Waals surface area contributed by atoms with Crippen LogP contribution >= 0.6 is 0 Å². The average molecular weight is 463 g/mol. The summed E-state index contributed by atoms with van der Waals surface area (Å²) in [7, 11) is 0. The van der Waals surface area contributed by atoms with E-state index in [0.717, 1.165) is 18.7 Å². The second-order valence-corrected chi connectivity index (χ2v) is 7.86. The van der Waals surface area contributed by atoms with Gasteiger partial charge < -0.3 is 19.9 Å². The number of nitrogens with zero attached hydrogens (tertiary/aromatic N) is 3. The van der Waals surface area contributed by atoms with Crippen molar-refractivity contribution in [3.05, 3.63) is 83.9 Å². The lowest BCUT2D eigenvalue weighted by Gasteiger charge is -2.24. The Balaban J connectivity index is 1.44. The van der Waals surface area contributed by atoms with Crippen LogP contribution in [-0.4, -0.2) is 43.6 Å². The maximum absolute atomic E-state index is 13.4. The van der Waals surface area contributed by atoms with Crippen LogP contribution in [0.4, 0.5) is 25.8 Å². The first kappa shape index (κ1) is 23.1. The highest BCUT2D eigenvalue weighted by Gasteiger charge is 2.22. The van der Waals surface area contributed by atoms with Gasteiger partial charge in [-0.3, -0.25) is 4.79 Å². The molecule has 0 aromatic heterocycles. The van der Waals surface area contributed by atoms with Gasteiger partial charge in [0.2, 0.25) is 0 Å². The highest BCUT2D eigenvalue weighted by atomic mass is 19.3. The van der Waals surface area contributed by atoms with E-state index in [0.29, 0.717) is 42.1 Å². The Labute approximate surface area is 197 Å². The van der Waals surface area contributed by atoms with E-state index in [-0.39, 0.29) is 11.7 Å². The van der Waals surface area contributed by atoms with Crippen LogP contribution in [0.1, 0.15) is 22.3 Å². The second kappa shape index (κ2) is 10.7. The van der Waals surface area contributed by atoms with Crippen LogP contribution in [0, 0.1) is 11.3 Å². The third-order valence-corrected chi connectivity index (χ3v) is 5.66. The summed E-state index contributed by atoms with van der Waals surface area (Å²) in [5.74, 6) is 0.00345. The summed E-state index contributed by atoms with van der Waals surface area (Å²) in [4.78, 5) is 17.5. The van der Waals surface area contributed by atoms with Gasteiger partial charge in [-0.2, -0.15) is 14.0 Å². The quantitative estimate of drug-likeness (QED) is 0.542. The second-order valence-electron chi connectivity index (χ2n) is 7.86. The molecular formula is C26H24F2N4O2. The van der Waals surface area contributed by atoms with Crippen molar-refractivity contribution in [2.45, 2.75) is 13.0 Å². The molecule has 0 saturated carbocycles. The fraction of sp³-hybridized carbons (Fsp3) is 0.231. The number of rotatable bonds is 6. The standard InChI is InChI=1S/C26H24F2N4O2/c27-26(28)34-22-12-8-20(9-13-22)30-24-5-2-1-4-23(24)25(33)32-15-3-14-31(16-17-32)21-10-6-19(18-29)7-11-21/h1-2,4-13,26,30H,3,14-17H2. The molecule has 4 rings (SSSR count). The number of halogens is 2. The first-order valence-corrected chi connectivity index (χ1v) is 11.0. The van der Waals surface area contributed by atoms with E-state index < -0.39 is 6.61 Å². The van der Waals surface area contributed by atoms with Gasteiger partial charge in [0.05, 0.1) is 22.9 Å². The molecule has 34 heavy (non-hydrogen) atoms. The highest BCUT2D eigenvalue weighted by Crippen LogP contribution is 2.25. The molecule has 3 aromatic rings. The van der Waals surface area contributed by atoms with Crippen LogP contribution < -0.4 is 15.0 Å². The predicted octanol–water partition coefficient (Wildman–Crippen LogP) is 5.26. The van der Waals surface area contributed by atoms with Crippen LogP contribution in [0.15, 0.2) is 72.8 Å². The van der Waals surface area contributed by atoms with E-state index in [2.05, 4.69) is 21.0 Å². The van der Waals surface area contributed by atoms with Gasteiger partial charge in [0.25, 0.3) is 5.91 Å². The van der Waals surface area contributed by atoms with Crippen LogP contribution in [0.3, 0.4) is 0 Å². The van der Waals surface area contributed by atoms with Gasteiger partial charge in [-0.1, -0.05) is 12.1 Å². The number of hydrogen-bond donors (Lipinski definition) is 1. The number of anilines is 3. The van der Waals surface area contributed by atoms with Crippen molar-refractivity contribution < 1.29 is 18.3 Å². The normalized spacial score (nSPS) is 13.8. The van der Waals surface area contributed by atoms with Crippen molar-refractivity contribution in [2.24, 2.45) is 0 Å². The molecule has 1 heterocycles. The van der Waals surface area contributed by atoms with Crippen LogP contribution in [-0.2, 0) is 0 Å². The molecule has 1 aliphatic heterocycles. The summed E-state index contributed by atoms with van der Waals surface area (Å²) < 4.78 is 29.1. The summed E-state index contributed by atoms with van der Waals surface area (Å²) in [6, 6.07) is 23.0. The molecule has 174 valence electrons. The molecule has 1 aliphatic rings. The third-order valence-electron chi connectivity index (χ3n) is 5.66. The Bertz CT molecular complexity index is 1160. The molecule has 1 fully saturated rings. The minimum Gasteiger partial charge on any atom is -0.435 e. The van der Waals surface area contributed by atoms with Crippen molar-refractivity contribution in [3.63, 3.8) is 0 Å². The number of para-hydroxylation sites is 1. The lowest BCUT2D eigenvalue weighted by molar-refractivity contribution is -0.0498. The van der Waals surface area contributed by atoms with E-state index in [9.17, 15) is 13.6 Å². The van der Waals surface area contributed by atoms with Crippen LogP contribution in [0.5, 0.6) is 5.75 Å². The molecule has 8 heteroatoms. The number of amides is 1. The maximum atomic E-state index is 13.4. The summed E-state index contributed by atoms with van der Waals surface area (Å²) in [6.07, 6.45) is 0.826. The minimum absolute atomic E-state index is 0.0672.